The largest absolute Gasteiger partial charge is 0.433 e. The number of hydrogen-bond donors (Lipinski definition) is 2. The van der Waals surface area contributed by atoms with Crippen LogP contribution in [-0.4, -0.2) is 38.1 Å². The molecule has 0 saturated carbocycles. The third-order valence-electron chi connectivity index (χ3n) is 0.864. The Labute approximate surface area is 63.9 Å². The van der Waals surface area contributed by atoms with Crippen LogP contribution in [0, 0.1) is 0 Å². The van der Waals surface area contributed by atoms with Crippen molar-refractivity contribution in [1.29, 1.82) is 0 Å². The van der Waals surface area contributed by atoms with Crippen LogP contribution in [0.25, 0.3) is 0 Å². The molecule has 0 fully saturated rings. The van der Waals surface area contributed by atoms with E-state index >= 15 is 0 Å². The summed E-state index contributed by atoms with van der Waals surface area (Å²) in [5, 5.41) is 2.93. The Bertz CT molecular complexity index is 36.6. The van der Waals surface area contributed by atoms with Gasteiger partial charge >= 0.3 is 0 Å². The number of hydrogen-bond acceptors (Lipinski definition) is 2. The van der Waals surface area contributed by atoms with E-state index in [0.717, 1.165) is 19.8 Å². The van der Waals surface area contributed by atoms with E-state index in [0.29, 0.717) is 6.54 Å². The smallest absolute Gasteiger partial charge is 0.157 e. The lowest BCUT2D eigenvalue weighted by molar-refractivity contribution is -0.0219. The average molecular weight is 149 g/mol. The van der Waals surface area contributed by atoms with Gasteiger partial charge in [-0.25, -0.2) is 0 Å². The molecule has 0 spiro atoms. The van der Waals surface area contributed by atoms with E-state index in [1.807, 2.05) is 14.0 Å². The van der Waals surface area contributed by atoms with Gasteiger partial charge in [0.2, 0.25) is 0 Å². The summed E-state index contributed by atoms with van der Waals surface area (Å²) in [4.78, 5) is 0. The molecule has 0 aromatic carbocycles. The minimum atomic E-state index is 0.688. The molecule has 0 aliphatic carbocycles. The van der Waals surface area contributed by atoms with Crippen molar-refractivity contribution in [2.24, 2.45) is 5.73 Å². The molecule has 10 heavy (non-hydrogen) atoms. The molecule has 0 aromatic heterocycles. The van der Waals surface area contributed by atoms with Crippen LogP contribution in [0.5, 0.6) is 0 Å². The van der Waals surface area contributed by atoms with Crippen molar-refractivity contribution >= 4 is 0 Å². The van der Waals surface area contributed by atoms with E-state index < -0.39 is 0 Å². The van der Waals surface area contributed by atoms with Crippen LogP contribution in [0.4, 0.5) is 0 Å². The maximum absolute atomic E-state index is 5.12. The normalized spacial score (nSPS) is 8.40. The van der Waals surface area contributed by atoms with E-state index in [1.54, 1.807) is 0 Å². The second-order valence-corrected chi connectivity index (χ2v) is 1.76. The lowest BCUT2D eigenvalue weighted by Crippen LogP contribution is -2.11. The molecule has 0 amide bonds. The van der Waals surface area contributed by atoms with Crippen molar-refractivity contribution in [2.75, 3.05) is 33.4 Å². The monoisotopic (exact) mass is 149 g/mol. The summed E-state index contributed by atoms with van der Waals surface area (Å²) >= 11 is 0. The first-order valence-electron chi connectivity index (χ1n) is 3.81. The first-order valence-corrected chi connectivity index (χ1v) is 3.81. The second-order valence-electron chi connectivity index (χ2n) is 1.76. The number of ether oxygens (including phenoxy) is 1. The SMILES string of the molecule is CCNC.CC[OH+]CCN. The van der Waals surface area contributed by atoms with Crippen LogP contribution in [0.2, 0.25) is 0 Å². The molecule has 0 bridgehead atoms. The number of rotatable bonds is 4. The van der Waals surface area contributed by atoms with Crippen molar-refractivity contribution < 1.29 is 4.74 Å². The van der Waals surface area contributed by atoms with Crippen molar-refractivity contribution in [3.05, 3.63) is 0 Å². The summed E-state index contributed by atoms with van der Waals surface area (Å²) in [6, 6.07) is 0. The Balaban J connectivity index is 0. The molecule has 0 heterocycles. The van der Waals surface area contributed by atoms with Gasteiger partial charge in [0, 0.05) is 6.92 Å². The minimum absolute atomic E-state index is 0.688. The van der Waals surface area contributed by atoms with E-state index in [1.165, 1.54) is 0 Å². The van der Waals surface area contributed by atoms with Crippen molar-refractivity contribution in [3.63, 3.8) is 0 Å². The molecule has 4 N–H and O–H groups in total. The van der Waals surface area contributed by atoms with Crippen molar-refractivity contribution in [3.8, 4) is 0 Å². The highest BCUT2D eigenvalue weighted by molar-refractivity contribution is 4.23. The molecule has 0 aliphatic heterocycles. The number of nitrogens with two attached hydrogens (primary N) is 1. The van der Waals surface area contributed by atoms with Crippen LogP contribution in [0.3, 0.4) is 0 Å². The summed E-state index contributed by atoms with van der Waals surface area (Å²) in [5.74, 6) is 0. The van der Waals surface area contributed by atoms with Gasteiger partial charge < -0.3 is 15.8 Å². The standard InChI is InChI=1S/C4H11NO.C3H9N/c1-2-6-4-3-5;1-3-4-2/h2-5H2,1H3;4H,3H2,1-2H3/p+1. The zero-order valence-electron chi connectivity index (χ0n) is 7.35. The van der Waals surface area contributed by atoms with Gasteiger partial charge in [-0.15, -0.1) is 0 Å². The molecule has 0 aromatic rings. The van der Waals surface area contributed by atoms with Gasteiger partial charge in [-0.3, -0.25) is 0 Å². The molecule has 0 rings (SSSR count). The highest BCUT2D eigenvalue weighted by Crippen LogP contribution is 1.58. The highest BCUT2D eigenvalue weighted by atomic mass is 16.5. The Morgan fingerprint density at radius 3 is 2.00 bits per heavy atom. The number of aliphatic hydroxyl groups is 2. The lowest BCUT2D eigenvalue weighted by Gasteiger charge is -1.88. The van der Waals surface area contributed by atoms with E-state index in [9.17, 15) is 0 Å². The maximum Gasteiger partial charge on any atom is 0.157 e. The van der Waals surface area contributed by atoms with Crippen LogP contribution >= 0.6 is 0 Å². The lowest BCUT2D eigenvalue weighted by atomic mass is 10.7. The highest BCUT2D eigenvalue weighted by Gasteiger charge is 1.77. The van der Waals surface area contributed by atoms with Crippen LogP contribution in [-0.2, 0) is 0 Å². The van der Waals surface area contributed by atoms with E-state index in [4.69, 9.17) is 5.73 Å². The first kappa shape index (κ1) is 12.5. The fraction of sp³-hybridized carbons (Fsp3) is 1.00. The summed E-state index contributed by atoms with van der Waals surface area (Å²) in [6.07, 6.45) is 0. The Hall–Kier alpha value is -0.120. The quantitative estimate of drug-likeness (QED) is 0.426. The Kier molecular flexibility index (Phi) is 20.0. The molecule has 0 atom stereocenters. The van der Waals surface area contributed by atoms with Gasteiger partial charge in [0.1, 0.15) is 6.61 Å². The van der Waals surface area contributed by atoms with Gasteiger partial charge in [-0.1, -0.05) is 6.92 Å². The number of nitrogens with one attached hydrogen (secondary N) is 1. The molecule has 0 aliphatic rings. The maximum atomic E-state index is 5.12. The summed E-state index contributed by atoms with van der Waals surface area (Å²) in [6.45, 7) is 7.55. The minimum Gasteiger partial charge on any atom is -0.433 e. The summed E-state index contributed by atoms with van der Waals surface area (Å²) in [5.41, 5.74) is 5.12. The Morgan fingerprint density at radius 1 is 1.40 bits per heavy atom. The van der Waals surface area contributed by atoms with E-state index in [2.05, 4.69) is 17.0 Å². The first-order chi connectivity index (χ1) is 4.83. The molecular weight excluding hydrogens is 128 g/mol. The average Bonchev–Trinajstić information content (AvgIpc) is 2.01. The Morgan fingerprint density at radius 2 is 1.90 bits per heavy atom. The molecule has 0 unspecified atom stereocenters. The molecular formula is C7H21N2O+. The van der Waals surface area contributed by atoms with Crippen molar-refractivity contribution in [2.45, 2.75) is 13.8 Å². The van der Waals surface area contributed by atoms with Gasteiger partial charge in [0.25, 0.3) is 0 Å². The van der Waals surface area contributed by atoms with Gasteiger partial charge in [0.15, 0.2) is 6.61 Å². The van der Waals surface area contributed by atoms with Crippen LogP contribution in [0.1, 0.15) is 13.8 Å². The topological polar surface area (TPSA) is 50.8 Å². The zero-order chi connectivity index (χ0) is 8.24. The predicted octanol–water partition coefficient (Wildman–Crippen LogP) is -0.281. The molecule has 3 nitrogen and oxygen atoms in total. The second kappa shape index (κ2) is 15.9. The summed E-state index contributed by atoms with van der Waals surface area (Å²) < 4.78 is 3.97. The fourth-order valence-corrected chi connectivity index (χ4v) is 0.249. The third kappa shape index (κ3) is 24.8. The molecule has 64 valence electrons. The summed E-state index contributed by atoms with van der Waals surface area (Å²) in [7, 11) is 1.93. The zero-order valence-corrected chi connectivity index (χ0v) is 7.35. The molecule has 0 radical (unpaired) electrons. The van der Waals surface area contributed by atoms with Gasteiger partial charge in [0.05, 0.1) is 6.54 Å². The van der Waals surface area contributed by atoms with Crippen molar-refractivity contribution in [1.82, 2.24) is 5.32 Å². The van der Waals surface area contributed by atoms with E-state index in [-0.39, 0.29) is 0 Å². The van der Waals surface area contributed by atoms with Gasteiger partial charge in [-0.2, -0.15) is 0 Å². The predicted molar refractivity (Wildman–Crippen MR) is 46.3 cm³/mol. The third-order valence-corrected chi connectivity index (χ3v) is 0.864. The van der Waals surface area contributed by atoms with Gasteiger partial charge in [-0.05, 0) is 13.6 Å². The fourth-order valence-electron chi connectivity index (χ4n) is 0.249. The molecule has 3 heteroatoms. The van der Waals surface area contributed by atoms with Crippen LogP contribution in [0.15, 0.2) is 0 Å². The van der Waals surface area contributed by atoms with Crippen LogP contribution < -0.4 is 11.1 Å². The molecule has 0 saturated heterocycles.